The monoisotopic (exact) mass is 754 g/mol. The minimum Gasteiger partial charge on any atom is -0.456 e. The van der Waals surface area contributed by atoms with Gasteiger partial charge >= 0.3 is 0 Å². The Bertz CT molecular complexity index is 3330. The van der Waals surface area contributed by atoms with Crippen LogP contribution in [0.1, 0.15) is 17.7 Å². The summed E-state index contributed by atoms with van der Waals surface area (Å²) in [7, 11) is 0. The third-order valence-corrected chi connectivity index (χ3v) is 12.7. The molecule has 8 aromatic carbocycles. The zero-order valence-corrected chi connectivity index (χ0v) is 32.1. The second-order valence-corrected chi connectivity index (χ2v) is 15.9. The predicted molar refractivity (Wildman–Crippen MR) is 244 cm³/mol. The van der Waals surface area contributed by atoms with Crippen LogP contribution in [-0.2, 0) is 6.42 Å². The fourth-order valence-electron chi connectivity index (χ4n) is 10.1. The summed E-state index contributed by atoms with van der Waals surface area (Å²) < 4.78 is 19.7. The van der Waals surface area contributed by atoms with Crippen LogP contribution in [0.3, 0.4) is 0 Å². The molecule has 5 heteroatoms. The number of aromatic nitrogens is 2. The molecule has 0 N–H and O–H groups in total. The van der Waals surface area contributed by atoms with Gasteiger partial charge in [0.25, 0.3) is 6.71 Å². The van der Waals surface area contributed by atoms with Gasteiger partial charge in [0.2, 0.25) is 0 Å². The van der Waals surface area contributed by atoms with Gasteiger partial charge in [-0.15, -0.1) is 0 Å². The van der Waals surface area contributed by atoms with Gasteiger partial charge in [-0.3, -0.25) is 0 Å². The lowest BCUT2D eigenvalue weighted by Crippen LogP contribution is -2.57. The molecule has 0 saturated carbocycles. The summed E-state index contributed by atoms with van der Waals surface area (Å²) in [5, 5.41) is 3.66. The summed E-state index contributed by atoms with van der Waals surface area (Å²) in [5.41, 5.74) is 15.9. The van der Waals surface area contributed by atoms with Crippen LogP contribution in [0, 0.1) is 0 Å². The van der Waals surface area contributed by atoms with E-state index in [1.807, 2.05) is 0 Å². The number of hydrogen-bond acceptors (Lipinski definition) is 2. The van der Waals surface area contributed by atoms with Crippen LogP contribution in [0.2, 0.25) is 0 Å². The molecule has 2 aliphatic heterocycles. The van der Waals surface area contributed by atoms with Crippen molar-refractivity contribution < 1.29 is 9.47 Å². The topological polar surface area (TPSA) is 28.3 Å². The lowest BCUT2D eigenvalue weighted by molar-refractivity contribution is 0.462. The summed E-state index contributed by atoms with van der Waals surface area (Å²) in [5.74, 6) is 3.38. The molecule has 0 spiro atoms. The zero-order chi connectivity index (χ0) is 38.6. The molecule has 4 nitrogen and oxygen atoms in total. The normalized spacial score (nSPS) is 13.5. The van der Waals surface area contributed by atoms with Crippen LogP contribution in [-0.4, -0.2) is 15.8 Å². The summed E-state index contributed by atoms with van der Waals surface area (Å²) in [6.45, 7) is -0.147. The second kappa shape index (κ2) is 12.5. The molecule has 10 aromatic rings. The Morgan fingerprint density at radius 1 is 0.441 bits per heavy atom. The van der Waals surface area contributed by atoms with Gasteiger partial charge in [-0.05, 0) is 82.4 Å². The summed E-state index contributed by atoms with van der Waals surface area (Å²) >= 11 is 0. The quantitative estimate of drug-likeness (QED) is 0.167. The summed E-state index contributed by atoms with van der Waals surface area (Å²) in [6, 6.07) is 63.3. The molecule has 13 rings (SSSR count). The van der Waals surface area contributed by atoms with E-state index in [9.17, 15) is 0 Å². The van der Waals surface area contributed by atoms with Crippen LogP contribution >= 0.6 is 0 Å². The average Bonchev–Trinajstić information content (AvgIpc) is 3.82. The number of allylic oxidation sites excluding steroid dienone is 1. The number of rotatable bonds is 4. The smallest absolute Gasteiger partial charge is 0.260 e. The number of fused-ring (bicyclic) bond motifs is 10. The first kappa shape index (κ1) is 32.6. The summed E-state index contributed by atoms with van der Waals surface area (Å²) in [4.78, 5) is 0. The summed E-state index contributed by atoms with van der Waals surface area (Å²) in [6.07, 6.45) is 6.53. The molecule has 4 heterocycles. The molecule has 0 saturated heterocycles. The third kappa shape index (κ3) is 4.73. The Balaban J connectivity index is 1.17. The van der Waals surface area contributed by atoms with Crippen LogP contribution in [0.4, 0.5) is 0 Å². The molecule has 59 heavy (non-hydrogen) atoms. The highest BCUT2D eigenvalue weighted by Gasteiger charge is 2.44. The van der Waals surface area contributed by atoms with Gasteiger partial charge in [-0.25, -0.2) is 0 Å². The fourth-order valence-corrected chi connectivity index (χ4v) is 10.1. The molecule has 0 amide bonds. The van der Waals surface area contributed by atoms with Crippen molar-refractivity contribution in [2.24, 2.45) is 0 Å². The van der Waals surface area contributed by atoms with Crippen molar-refractivity contribution in [3.05, 3.63) is 193 Å². The van der Waals surface area contributed by atoms with Crippen molar-refractivity contribution in [3.63, 3.8) is 0 Å². The van der Waals surface area contributed by atoms with Gasteiger partial charge in [-0.1, -0.05) is 152 Å². The van der Waals surface area contributed by atoms with Crippen LogP contribution in [0.5, 0.6) is 23.0 Å². The van der Waals surface area contributed by atoms with Crippen LogP contribution in [0.15, 0.2) is 182 Å². The Kier molecular flexibility index (Phi) is 6.90. The maximum atomic E-state index is 7.41. The van der Waals surface area contributed by atoms with Crippen molar-refractivity contribution in [3.8, 4) is 56.6 Å². The first-order valence-corrected chi connectivity index (χ1v) is 20.5. The van der Waals surface area contributed by atoms with Crippen molar-refractivity contribution in [1.82, 2.24) is 9.13 Å². The molecule has 0 fully saturated rings. The van der Waals surface area contributed by atoms with E-state index >= 15 is 0 Å². The largest absolute Gasteiger partial charge is 0.456 e. The molecule has 0 atom stereocenters. The van der Waals surface area contributed by atoms with Gasteiger partial charge in [0.15, 0.2) is 11.5 Å². The van der Waals surface area contributed by atoms with Gasteiger partial charge in [0.1, 0.15) is 11.5 Å². The van der Waals surface area contributed by atoms with Crippen molar-refractivity contribution >= 4 is 61.9 Å². The molecule has 0 unspecified atom stereocenters. The second-order valence-electron chi connectivity index (χ2n) is 15.9. The highest BCUT2D eigenvalue weighted by atomic mass is 16.5. The van der Waals surface area contributed by atoms with Gasteiger partial charge in [0.05, 0.1) is 27.9 Å². The standard InChI is InChI=1S/C54H35BN2O2/c1-3-15-34(16-4-1)36-27-29-42-50(31-36)58-53-48(56-44-23-11-7-19-38(44)39-20-8-12-24-45(39)56)33-49(57-46-25-13-9-21-40(46)41-22-10-14-26-47(41)57)54-52(53)55(42)43-30-28-37(32-51(43)59-54)35-17-5-2-6-18-35/h1-13,15-25,27-33H,14,26H2. The van der Waals surface area contributed by atoms with Gasteiger partial charge < -0.3 is 18.6 Å². The lowest BCUT2D eigenvalue weighted by Gasteiger charge is -2.36. The highest BCUT2D eigenvalue weighted by Crippen LogP contribution is 2.47. The van der Waals surface area contributed by atoms with Crippen molar-refractivity contribution in [2.45, 2.75) is 12.8 Å². The van der Waals surface area contributed by atoms with E-state index in [0.717, 1.165) is 96.9 Å². The van der Waals surface area contributed by atoms with E-state index < -0.39 is 0 Å². The Labute approximate surface area is 341 Å². The molecule has 276 valence electrons. The molecule has 0 bridgehead atoms. The van der Waals surface area contributed by atoms with E-state index in [0.29, 0.717) is 0 Å². The average molecular weight is 755 g/mol. The Morgan fingerprint density at radius 3 is 1.51 bits per heavy atom. The van der Waals surface area contributed by atoms with E-state index in [-0.39, 0.29) is 6.71 Å². The molecule has 0 radical (unpaired) electrons. The number of ether oxygens (including phenoxy) is 2. The van der Waals surface area contributed by atoms with E-state index in [2.05, 4.69) is 197 Å². The zero-order valence-electron chi connectivity index (χ0n) is 32.1. The molecule has 2 aromatic heterocycles. The van der Waals surface area contributed by atoms with Crippen molar-refractivity contribution in [1.29, 1.82) is 0 Å². The SMILES string of the molecule is C1=Cc2c(n(-c3cc(-n4c5ccccc5c5ccccc54)c4c5c3Oc3cc(-c6ccccc6)ccc3B5c3ccc(-c5ccccc5)cc3O4)c3ccccc23)CC1. The maximum Gasteiger partial charge on any atom is 0.260 e. The first-order valence-electron chi connectivity index (χ1n) is 20.5. The van der Waals surface area contributed by atoms with E-state index in [1.54, 1.807) is 0 Å². The minimum atomic E-state index is -0.147. The minimum absolute atomic E-state index is 0.147. The molecule has 3 aliphatic rings. The number of benzene rings is 8. The Morgan fingerprint density at radius 2 is 0.932 bits per heavy atom. The molecular weight excluding hydrogens is 719 g/mol. The number of para-hydroxylation sites is 3. The number of hydrogen-bond donors (Lipinski definition) is 0. The van der Waals surface area contributed by atoms with Crippen LogP contribution in [0.25, 0.3) is 72.4 Å². The van der Waals surface area contributed by atoms with Crippen molar-refractivity contribution in [2.75, 3.05) is 0 Å². The lowest BCUT2D eigenvalue weighted by atomic mass is 9.34. The maximum absolute atomic E-state index is 7.41. The number of nitrogens with zero attached hydrogens (tertiary/aromatic N) is 2. The first-order chi connectivity index (χ1) is 29.3. The fraction of sp³-hybridized carbons (Fsp3) is 0.0370. The van der Waals surface area contributed by atoms with Crippen LogP contribution < -0.4 is 25.9 Å². The molecule has 1 aliphatic carbocycles. The van der Waals surface area contributed by atoms with Gasteiger partial charge in [-0.2, -0.15) is 0 Å². The molecular formula is C54H35BN2O2. The third-order valence-electron chi connectivity index (χ3n) is 12.7. The van der Waals surface area contributed by atoms with E-state index in [4.69, 9.17) is 9.47 Å². The Hall–Kier alpha value is -7.50. The van der Waals surface area contributed by atoms with Gasteiger partial charge in [0, 0.05) is 32.9 Å². The van der Waals surface area contributed by atoms with E-state index in [1.165, 1.54) is 32.9 Å². The highest BCUT2D eigenvalue weighted by molar-refractivity contribution is 6.98. The predicted octanol–water partition coefficient (Wildman–Crippen LogP) is 11.7.